The highest BCUT2D eigenvalue weighted by Gasteiger charge is 2.15. The summed E-state index contributed by atoms with van der Waals surface area (Å²) in [7, 11) is 0. The first-order valence-electron chi connectivity index (χ1n) is 6.33. The summed E-state index contributed by atoms with van der Waals surface area (Å²) in [5, 5.41) is 14.3. The predicted molar refractivity (Wildman–Crippen MR) is 74.5 cm³/mol. The Morgan fingerprint density at radius 3 is 3.05 bits per heavy atom. The Morgan fingerprint density at radius 1 is 1.50 bits per heavy atom. The van der Waals surface area contributed by atoms with Gasteiger partial charge in [0.25, 0.3) is 5.91 Å². The second-order valence-corrected chi connectivity index (χ2v) is 4.43. The van der Waals surface area contributed by atoms with Crippen LogP contribution in [-0.2, 0) is 6.54 Å². The van der Waals surface area contributed by atoms with Gasteiger partial charge in [0.05, 0.1) is 23.3 Å². The Kier molecular flexibility index (Phi) is 2.94. The van der Waals surface area contributed by atoms with Crippen LogP contribution in [-0.4, -0.2) is 30.9 Å². The van der Waals surface area contributed by atoms with E-state index in [0.29, 0.717) is 17.9 Å². The first-order chi connectivity index (χ1) is 9.69. The van der Waals surface area contributed by atoms with E-state index in [0.717, 1.165) is 16.7 Å². The molecule has 7 heteroatoms. The highest BCUT2D eigenvalue weighted by molar-refractivity contribution is 6.11. The summed E-state index contributed by atoms with van der Waals surface area (Å²) < 4.78 is 1.77. The van der Waals surface area contributed by atoms with Crippen LogP contribution >= 0.6 is 0 Å². The average Bonchev–Trinajstić information content (AvgIpc) is 3.06. The van der Waals surface area contributed by atoms with Crippen LogP contribution in [0.5, 0.6) is 0 Å². The summed E-state index contributed by atoms with van der Waals surface area (Å²) in [4.78, 5) is 16.8. The van der Waals surface area contributed by atoms with Crippen molar-refractivity contribution in [3.8, 4) is 0 Å². The zero-order chi connectivity index (χ0) is 14.1. The Hall–Kier alpha value is -2.70. The Bertz CT molecular complexity index is 759. The average molecular weight is 270 g/mol. The molecule has 0 bridgehead atoms. The number of H-pyrrole nitrogens is 1. The van der Waals surface area contributed by atoms with Crippen LogP contribution in [0, 0.1) is 6.92 Å². The van der Waals surface area contributed by atoms with E-state index < -0.39 is 0 Å². The van der Waals surface area contributed by atoms with Gasteiger partial charge < -0.3 is 5.32 Å². The summed E-state index contributed by atoms with van der Waals surface area (Å²) in [6.07, 6.45) is 3.26. The molecule has 3 aromatic heterocycles. The largest absolute Gasteiger partial charge is 0.307 e. The molecule has 3 aromatic rings. The molecule has 102 valence electrons. The summed E-state index contributed by atoms with van der Waals surface area (Å²) in [6.45, 7) is 4.56. The van der Waals surface area contributed by atoms with Crippen LogP contribution in [0.15, 0.2) is 24.5 Å². The normalized spacial score (nSPS) is 10.9. The number of aromatic nitrogens is 5. The van der Waals surface area contributed by atoms with Crippen LogP contribution in [0.4, 0.5) is 5.82 Å². The van der Waals surface area contributed by atoms with Crippen molar-refractivity contribution in [2.45, 2.75) is 20.4 Å². The van der Waals surface area contributed by atoms with Crippen LogP contribution in [0.25, 0.3) is 11.0 Å². The minimum atomic E-state index is -0.208. The van der Waals surface area contributed by atoms with Crippen molar-refractivity contribution in [1.29, 1.82) is 0 Å². The third kappa shape index (κ3) is 2.03. The number of carbonyl (C=O) groups is 1. The van der Waals surface area contributed by atoms with Crippen molar-refractivity contribution >= 4 is 22.8 Å². The predicted octanol–water partition coefficient (Wildman–Crippen LogP) is 1.74. The number of rotatable bonds is 3. The minimum absolute atomic E-state index is 0.208. The number of hydrogen-bond donors (Lipinski definition) is 2. The van der Waals surface area contributed by atoms with E-state index in [4.69, 9.17) is 0 Å². The third-order valence-electron chi connectivity index (χ3n) is 3.03. The van der Waals surface area contributed by atoms with Crippen LogP contribution in [0.1, 0.15) is 23.0 Å². The molecule has 0 aromatic carbocycles. The number of aromatic amines is 1. The van der Waals surface area contributed by atoms with Gasteiger partial charge in [-0.3, -0.25) is 9.89 Å². The zero-order valence-corrected chi connectivity index (χ0v) is 11.2. The van der Waals surface area contributed by atoms with Gasteiger partial charge in [0.2, 0.25) is 0 Å². The Morgan fingerprint density at radius 2 is 2.35 bits per heavy atom. The van der Waals surface area contributed by atoms with Gasteiger partial charge in [0, 0.05) is 18.3 Å². The number of nitrogens with zero attached hydrogens (tertiary/aromatic N) is 4. The van der Waals surface area contributed by atoms with Crippen LogP contribution < -0.4 is 5.32 Å². The van der Waals surface area contributed by atoms with Crippen molar-refractivity contribution in [3.05, 3.63) is 35.8 Å². The van der Waals surface area contributed by atoms with Crippen molar-refractivity contribution in [3.63, 3.8) is 0 Å². The fourth-order valence-corrected chi connectivity index (χ4v) is 2.11. The van der Waals surface area contributed by atoms with Crippen molar-refractivity contribution in [2.24, 2.45) is 0 Å². The lowest BCUT2D eigenvalue weighted by Crippen LogP contribution is -2.13. The molecular formula is C13H14N6O. The molecule has 0 unspecified atom stereocenters. The summed E-state index contributed by atoms with van der Waals surface area (Å²) in [5.41, 5.74) is 2.06. The Balaban J connectivity index is 2.06. The van der Waals surface area contributed by atoms with Gasteiger partial charge in [-0.25, -0.2) is 9.67 Å². The van der Waals surface area contributed by atoms with E-state index >= 15 is 0 Å². The number of fused-ring (bicyclic) bond motifs is 1. The molecule has 0 radical (unpaired) electrons. The zero-order valence-electron chi connectivity index (χ0n) is 11.2. The molecular weight excluding hydrogens is 256 g/mol. The van der Waals surface area contributed by atoms with E-state index in [2.05, 4.69) is 25.6 Å². The van der Waals surface area contributed by atoms with Crippen LogP contribution in [0.2, 0.25) is 0 Å². The highest BCUT2D eigenvalue weighted by Crippen LogP contribution is 2.19. The maximum absolute atomic E-state index is 12.4. The van der Waals surface area contributed by atoms with Crippen molar-refractivity contribution < 1.29 is 4.79 Å². The first kappa shape index (κ1) is 12.3. The third-order valence-corrected chi connectivity index (χ3v) is 3.03. The van der Waals surface area contributed by atoms with Gasteiger partial charge >= 0.3 is 0 Å². The molecule has 7 nitrogen and oxygen atoms in total. The van der Waals surface area contributed by atoms with E-state index in [-0.39, 0.29) is 5.91 Å². The van der Waals surface area contributed by atoms with E-state index in [1.54, 1.807) is 29.2 Å². The number of aryl methyl sites for hydroxylation is 2. The van der Waals surface area contributed by atoms with Gasteiger partial charge in [-0.2, -0.15) is 10.2 Å². The number of hydrogen-bond acceptors (Lipinski definition) is 4. The van der Waals surface area contributed by atoms with E-state index in [1.165, 1.54) is 0 Å². The maximum Gasteiger partial charge on any atom is 0.257 e. The number of pyridine rings is 1. The van der Waals surface area contributed by atoms with Gasteiger partial charge in [0.1, 0.15) is 5.82 Å². The molecule has 20 heavy (non-hydrogen) atoms. The lowest BCUT2D eigenvalue weighted by atomic mass is 10.1. The number of carbonyl (C=O) groups excluding carboxylic acids is 1. The number of anilines is 1. The first-order valence-corrected chi connectivity index (χ1v) is 6.33. The lowest BCUT2D eigenvalue weighted by Gasteiger charge is -2.06. The van der Waals surface area contributed by atoms with Crippen LogP contribution in [0.3, 0.4) is 0 Å². The summed E-state index contributed by atoms with van der Waals surface area (Å²) in [5.74, 6) is 0.348. The fraction of sp³-hybridized carbons (Fsp3) is 0.231. The molecule has 0 aliphatic heterocycles. The minimum Gasteiger partial charge on any atom is -0.307 e. The molecule has 0 aliphatic rings. The second-order valence-electron chi connectivity index (χ2n) is 4.43. The molecule has 0 aliphatic carbocycles. The molecule has 0 saturated heterocycles. The lowest BCUT2D eigenvalue weighted by molar-refractivity contribution is 0.102. The Labute approximate surface area is 115 Å². The molecule has 0 spiro atoms. The summed E-state index contributed by atoms with van der Waals surface area (Å²) in [6, 6.07) is 3.45. The highest BCUT2D eigenvalue weighted by atomic mass is 16.1. The fourth-order valence-electron chi connectivity index (χ4n) is 2.11. The van der Waals surface area contributed by atoms with Crippen molar-refractivity contribution in [2.75, 3.05) is 5.32 Å². The van der Waals surface area contributed by atoms with Gasteiger partial charge in [0.15, 0.2) is 5.65 Å². The monoisotopic (exact) mass is 270 g/mol. The molecule has 0 atom stereocenters. The van der Waals surface area contributed by atoms with Gasteiger partial charge in [-0.05, 0) is 19.9 Å². The maximum atomic E-state index is 12.4. The van der Waals surface area contributed by atoms with E-state index in [9.17, 15) is 4.79 Å². The molecule has 1 amide bonds. The molecule has 3 heterocycles. The molecule has 2 N–H and O–H groups in total. The topological polar surface area (TPSA) is 88.5 Å². The quantitative estimate of drug-likeness (QED) is 0.758. The molecule has 0 fully saturated rings. The smallest absolute Gasteiger partial charge is 0.257 e. The van der Waals surface area contributed by atoms with Gasteiger partial charge in [-0.15, -0.1) is 0 Å². The van der Waals surface area contributed by atoms with E-state index in [1.807, 2.05) is 13.8 Å². The van der Waals surface area contributed by atoms with Crippen molar-refractivity contribution in [1.82, 2.24) is 25.0 Å². The summed E-state index contributed by atoms with van der Waals surface area (Å²) >= 11 is 0. The molecule has 3 rings (SSSR count). The SMILES string of the molecule is CCn1ncc2c(C(=O)Nc3ccn[nH]3)cc(C)nc21. The number of amides is 1. The molecule has 0 saturated carbocycles. The second kappa shape index (κ2) is 4.76. The standard InChI is InChI=1S/C13H14N6O/c1-3-19-12-10(7-15-19)9(6-8(2)16-12)13(20)17-11-4-5-14-18-11/h4-7H,3H2,1-2H3,(H2,14,17,18,20). The number of nitrogens with one attached hydrogen (secondary N) is 2. The van der Waals surface area contributed by atoms with Gasteiger partial charge in [-0.1, -0.05) is 0 Å².